The summed E-state index contributed by atoms with van der Waals surface area (Å²) in [5.41, 5.74) is 5.70. The van der Waals surface area contributed by atoms with Gasteiger partial charge in [-0.1, -0.05) is 0 Å². The lowest BCUT2D eigenvalue weighted by Gasteiger charge is -2.29. The second kappa shape index (κ2) is 5.10. The standard InChI is InChI=1S/C11H22N2O/c12-8-10-1-2-11(7-10)9-13-3-5-14-6-4-13/h10-11H,1-9,12H2/t10-,11+/m1/s1. The largest absolute Gasteiger partial charge is 0.379 e. The van der Waals surface area contributed by atoms with Gasteiger partial charge in [-0.25, -0.2) is 0 Å². The summed E-state index contributed by atoms with van der Waals surface area (Å²) in [6, 6.07) is 0. The van der Waals surface area contributed by atoms with Gasteiger partial charge in [0.05, 0.1) is 13.2 Å². The molecule has 0 aromatic rings. The molecule has 0 aromatic carbocycles. The highest BCUT2D eigenvalue weighted by molar-refractivity contribution is 4.79. The van der Waals surface area contributed by atoms with Gasteiger partial charge in [-0.15, -0.1) is 0 Å². The number of hydrogen-bond donors (Lipinski definition) is 1. The summed E-state index contributed by atoms with van der Waals surface area (Å²) in [7, 11) is 0. The lowest BCUT2D eigenvalue weighted by molar-refractivity contribution is 0.0308. The molecule has 1 saturated heterocycles. The Morgan fingerprint density at radius 1 is 1.14 bits per heavy atom. The molecule has 1 heterocycles. The van der Waals surface area contributed by atoms with Gasteiger partial charge in [0.25, 0.3) is 0 Å². The van der Waals surface area contributed by atoms with E-state index in [1.807, 2.05) is 0 Å². The molecule has 1 saturated carbocycles. The smallest absolute Gasteiger partial charge is 0.0594 e. The van der Waals surface area contributed by atoms with E-state index in [9.17, 15) is 0 Å². The maximum Gasteiger partial charge on any atom is 0.0594 e. The van der Waals surface area contributed by atoms with Crippen molar-refractivity contribution in [3.05, 3.63) is 0 Å². The normalized spacial score (nSPS) is 34.9. The minimum absolute atomic E-state index is 0.807. The number of nitrogens with two attached hydrogens (primary N) is 1. The van der Waals surface area contributed by atoms with Crippen LogP contribution in [0.3, 0.4) is 0 Å². The summed E-state index contributed by atoms with van der Waals surface area (Å²) in [4.78, 5) is 2.55. The van der Waals surface area contributed by atoms with Crippen LogP contribution in [0.4, 0.5) is 0 Å². The van der Waals surface area contributed by atoms with Crippen LogP contribution in [-0.2, 0) is 4.74 Å². The monoisotopic (exact) mass is 198 g/mol. The van der Waals surface area contributed by atoms with Gasteiger partial charge in [0.2, 0.25) is 0 Å². The first-order chi connectivity index (χ1) is 6.88. The lowest BCUT2D eigenvalue weighted by atomic mass is 10.0. The number of ether oxygens (including phenoxy) is 1. The van der Waals surface area contributed by atoms with Crippen LogP contribution in [0.1, 0.15) is 19.3 Å². The van der Waals surface area contributed by atoms with Crippen molar-refractivity contribution < 1.29 is 4.74 Å². The molecule has 1 aliphatic heterocycles. The molecule has 0 spiro atoms. The van der Waals surface area contributed by atoms with Crippen molar-refractivity contribution in [3.63, 3.8) is 0 Å². The fourth-order valence-electron chi connectivity index (χ4n) is 2.71. The van der Waals surface area contributed by atoms with Gasteiger partial charge in [-0.05, 0) is 37.6 Å². The van der Waals surface area contributed by atoms with E-state index in [4.69, 9.17) is 10.5 Å². The highest BCUT2D eigenvalue weighted by Gasteiger charge is 2.25. The maximum absolute atomic E-state index is 5.70. The Balaban J connectivity index is 1.69. The summed E-state index contributed by atoms with van der Waals surface area (Å²) in [6.45, 7) is 6.27. The summed E-state index contributed by atoms with van der Waals surface area (Å²) in [5.74, 6) is 1.71. The van der Waals surface area contributed by atoms with Gasteiger partial charge < -0.3 is 10.5 Å². The van der Waals surface area contributed by atoms with Crippen molar-refractivity contribution in [2.75, 3.05) is 39.4 Å². The number of rotatable bonds is 3. The fourth-order valence-corrected chi connectivity index (χ4v) is 2.71. The summed E-state index contributed by atoms with van der Waals surface area (Å²) in [5, 5.41) is 0. The Bertz CT molecular complexity index is 169. The zero-order chi connectivity index (χ0) is 9.80. The second-order valence-corrected chi connectivity index (χ2v) is 4.69. The first-order valence-corrected chi connectivity index (χ1v) is 5.88. The van der Waals surface area contributed by atoms with Crippen LogP contribution in [0.15, 0.2) is 0 Å². The first-order valence-electron chi connectivity index (χ1n) is 5.88. The average molecular weight is 198 g/mol. The molecule has 82 valence electrons. The van der Waals surface area contributed by atoms with Crippen LogP contribution in [0.25, 0.3) is 0 Å². The predicted molar refractivity (Wildman–Crippen MR) is 57.1 cm³/mol. The number of nitrogens with zero attached hydrogens (tertiary/aromatic N) is 1. The summed E-state index contributed by atoms with van der Waals surface area (Å²) < 4.78 is 5.34. The minimum atomic E-state index is 0.807. The molecule has 3 heteroatoms. The molecular formula is C11H22N2O. The van der Waals surface area contributed by atoms with Crippen LogP contribution in [-0.4, -0.2) is 44.3 Å². The van der Waals surface area contributed by atoms with Crippen LogP contribution in [0.2, 0.25) is 0 Å². The molecule has 2 atom stereocenters. The molecule has 2 rings (SSSR count). The molecule has 0 amide bonds. The van der Waals surface area contributed by atoms with Crippen molar-refractivity contribution >= 4 is 0 Å². The third kappa shape index (κ3) is 2.69. The third-order valence-electron chi connectivity index (χ3n) is 3.60. The molecule has 3 nitrogen and oxygen atoms in total. The molecule has 2 aliphatic rings. The van der Waals surface area contributed by atoms with Crippen molar-refractivity contribution in [3.8, 4) is 0 Å². The van der Waals surface area contributed by atoms with Crippen LogP contribution in [0.5, 0.6) is 0 Å². The average Bonchev–Trinajstić information content (AvgIpc) is 2.67. The van der Waals surface area contributed by atoms with E-state index in [1.54, 1.807) is 0 Å². The van der Waals surface area contributed by atoms with Gasteiger partial charge >= 0.3 is 0 Å². The molecule has 2 N–H and O–H groups in total. The van der Waals surface area contributed by atoms with E-state index in [1.165, 1.54) is 25.8 Å². The molecule has 2 fully saturated rings. The predicted octanol–water partition coefficient (Wildman–Crippen LogP) is 0.694. The fraction of sp³-hybridized carbons (Fsp3) is 1.00. The highest BCUT2D eigenvalue weighted by atomic mass is 16.5. The van der Waals surface area contributed by atoms with E-state index in [0.29, 0.717) is 0 Å². The van der Waals surface area contributed by atoms with Crippen molar-refractivity contribution in [2.24, 2.45) is 17.6 Å². The molecule has 0 bridgehead atoms. The van der Waals surface area contributed by atoms with E-state index in [0.717, 1.165) is 44.7 Å². The highest BCUT2D eigenvalue weighted by Crippen LogP contribution is 2.30. The minimum Gasteiger partial charge on any atom is -0.379 e. The van der Waals surface area contributed by atoms with Gasteiger partial charge in [0, 0.05) is 19.6 Å². The van der Waals surface area contributed by atoms with Gasteiger partial charge in [-0.3, -0.25) is 4.90 Å². The molecule has 1 aliphatic carbocycles. The molecule has 14 heavy (non-hydrogen) atoms. The zero-order valence-corrected chi connectivity index (χ0v) is 8.95. The Kier molecular flexibility index (Phi) is 3.79. The van der Waals surface area contributed by atoms with Crippen LogP contribution >= 0.6 is 0 Å². The maximum atomic E-state index is 5.70. The topological polar surface area (TPSA) is 38.5 Å². The number of hydrogen-bond acceptors (Lipinski definition) is 3. The van der Waals surface area contributed by atoms with Crippen molar-refractivity contribution in [1.29, 1.82) is 0 Å². The van der Waals surface area contributed by atoms with Crippen molar-refractivity contribution in [2.45, 2.75) is 19.3 Å². The molecule has 0 aromatic heterocycles. The Morgan fingerprint density at radius 3 is 2.50 bits per heavy atom. The molecular weight excluding hydrogens is 176 g/mol. The van der Waals surface area contributed by atoms with Gasteiger partial charge in [0.1, 0.15) is 0 Å². The lowest BCUT2D eigenvalue weighted by Crippen LogP contribution is -2.39. The Hall–Kier alpha value is -0.120. The van der Waals surface area contributed by atoms with E-state index < -0.39 is 0 Å². The second-order valence-electron chi connectivity index (χ2n) is 4.69. The zero-order valence-electron chi connectivity index (χ0n) is 8.95. The summed E-state index contributed by atoms with van der Waals surface area (Å²) >= 11 is 0. The Morgan fingerprint density at radius 2 is 1.86 bits per heavy atom. The Labute approximate surface area is 86.6 Å². The van der Waals surface area contributed by atoms with Crippen LogP contribution in [0, 0.1) is 11.8 Å². The first kappa shape index (κ1) is 10.4. The molecule has 0 unspecified atom stereocenters. The quantitative estimate of drug-likeness (QED) is 0.725. The molecule has 0 radical (unpaired) electrons. The third-order valence-corrected chi connectivity index (χ3v) is 3.60. The number of morpholine rings is 1. The van der Waals surface area contributed by atoms with Gasteiger partial charge in [0.15, 0.2) is 0 Å². The van der Waals surface area contributed by atoms with Crippen molar-refractivity contribution in [1.82, 2.24) is 4.90 Å². The van der Waals surface area contributed by atoms with E-state index in [-0.39, 0.29) is 0 Å². The van der Waals surface area contributed by atoms with E-state index in [2.05, 4.69) is 4.90 Å². The summed E-state index contributed by atoms with van der Waals surface area (Å²) in [6.07, 6.45) is 4.10. The SMILES string of the molecule is NC[C@@H]1CC[C@H](CN2CCOCC2)C1. The van der Waals surface area contributed by atoms with Crippen LogP contribution < -0.4 is 5.73 Å². The van der Waals surface area contributed by atoms with E-state index >= 15 is 0 Å². The van der Waals surface area contributed by atoms with Gasteiger partial charge in [-0.2, -0.15) is 0 Å².